The van der Waals surface area contributed by atoms with E-state index in [0.29, 0.717) is 5.02 Å². The van der Waals surface area contributed by atoms with Crippen LogP contribution in [0.1, 0.15) is 0 Å². The number of halogens is 2. The maximum Gasteiger partial charge on any atom is 0.119 e. The molecule has 2 aromatic carbocycles. The Bertz CT molecular complexity index is 834. The number of pyridine rings is 1. The fraction of sp³-hybridized carbons (Fsp3) is 0.118. The molecule has 1 aromatic heterocycles. The van der Waals surface area contributed by atoms with Gasteiger partial charge < -0.3 is 9.47 Å². The molecule has 112 valence electrons. The Morgan fingerprint density at radius 2 is 1.59 bits per heavy atom. The Labute approximate surface area is 142 Å². The second-order valence-electron chi connectivity index (χ2n) is 4.70. The van der Waals surface area contributed by atoms with Gasteiger partial charge in [-0.2, -0.15) is 0 Å². The first kappa shape index (κ1) is 15.1. The molecule has 5 heteroatoms. The maximum atomic E-state index is 6.49. The number of aromatic nitrogens is 1. The van der Waals surface area contributed by atoms with Gasteiger partial charge in [-0.3, -0.25) is 0 Å². The molecule has 0 atom stereocenters. The zero-order chi connectivity index (χ0) is 15.7. The van der Waals surface area contributed by atoms with Gasteiger partial charge in [0, 0.05) is 15.4 Å². The number of fused-ring (bicyclic) bond motifs is 1. The number of benzene rings is 2. The highest BCUT2D eigenvalue weighted by atomic mass is 79.9. The molecule has 0 aliphatic carbocycles. The van der Waals surface area contributed by atoms with Crippen molar-refractivity contribution in [3.8, 4) is 22.8 Å². The van der Waals surface area contributed by atoms with Crippen molar-refractivity contribution >= 4 is 38.4 Å². The van der Waals surface area contributed by atoms with E-state index in [9.17, 15) is 0 Å². The van der Waals surface area contributed by atoms with Crippen molar-refractivity contribution in [1.82, 2.24) is 4.98 Å². The average molecular weight is 379 g/mol. The Morgan fingerprint density at radius 3 is 2.23 bits per heavy atom. The van der Waals surface area contributed by atoms with E-state index >= 15 is 0 Å². The molecule has 3 rings (SSSR count). The van der Waals surface area contributed by atoms with E-state index in [1.807, 2.05) is 42.5 Å². The number of hydrogen-bond acceptors (Lipinski definition) is 3. The van der Waals surface area contributed by atoms with Crippen LogP contribution in [0.4, 0.5) is 0 Å². The van der Waals surface area contributed by atoms with E-state index in [1.54, 1.807) is 14.2 Å². The zero-order valence-electron chi connectivity index (χ0n) is 12.1. The molecule has 0 bridgehead atoms. The van der Waals surface area contributed by atoms with Crippen LogP contribution in [0.25, 0.3) is 22.2 Å². The van der Waals surface area contributed by atoms with Crippen molar-refractivity contribution in [2.45, 2.75) is 0 Å². The molecule has 0 spiro atoms. The summed E-state index contributed by atoms with van der Waals surface area (Å²) in [6, 6.07) is 13.4. The van der Waals surface area contributed by atoms with Crippen molar-refractivity contribution in [3.05, 3.63) is 52.0 Å². The quantitative estimate of drug-likeness (QED) is 0.617. The molecule has 0 aliphatic rings. The van der Waals surface area contributed by atoms with Gasteiger partial charge >= 0.3 is 0 Å². The standard InChI is InChI=1S/C17H13BrClNO2/c1-21-11-5-3-10(4-6-11)17-16(19)15(18)13-9-12(22-2)7-8-14(13)20-17/h3-9H,1-2H3. The summed E-state index contributed by atoms with van der Waals surface area (Å²) in [5.74, 6) is 1.56. The minimum atomic E-state index is 0.575. The molecule has 0 saturated heterocycles. The van der Waals surface area contributed by atoms with Crippen LogP contribution in [0.15, 0.2) is 46.9 Å². The van der Waals surface area contributed by atoms with E-state index < -0.39 is 0 Å². The van der Waals surface area contributed by atoms with Crippen LogP contribution in [0, 0.1) is 0 Å². The summed E-state index contributed by atoms with van der Waals surface area (Å²) >= 11 is 10.1. The summed E-state index contributed by atoms with van der Waals surface area (Å²) in [6.45, 7) is 0. The lowest BCUT2D eigenvalue weighted by Crippen LogP contribution is -1.91. The summed E-state index contributed by atoms with van der Waals surface area (Å²) in [5, 5.41) is 1.49. The SMILES string of the molecule is COc1ccc(-c2nc3ccc(OC)cc3c(Br)c2Cl)cc1. The van der Waals surface area contributed by atoms with Crippen molar-refractivity contribution in [2.24, 2.45) is 0 Å². The molecule has 0 fully saturated rings. The van der Waals surface area contributed by atoms with Gasteiger partial charge in [-0.15, -0.1) is 0 Å². The minimum absolute atomic E-state index is 0.575. The average Bonchev–Trinajstić information content (AvgIpc) is 2.58. The zero-order valence-corrected chi connectivity index (χ0v) is 14.4. The first-order chi connectivity index (χ1) is 10.6. The largest absolute Gasteiger partial charge is 0.497 e. The molecular formula is C17H13BrClNO2. The van der Waals surface area contributed by atoms with Crippen molar-refractivity contribution in [2.75, 3.05) is 14.2 Å². The van der Waals surface area contributed by atoms with Crippen molar-refractivity contribution in [1.29, 1.82) is 0 Å². The molecule has 1 heterocycles. The van der Waals surface area contributed by atoms with E-state index in [1.165, 1.54) is 0 Å². The number of nitrogens with zero attached hydrogens (tertiary/aromatic N) is 1. The van der Waals surface area contributed by atoms with Crippen molar-refractivity contribution in [3.63, 3.8) is 0 Å². The van der Waals surface area contributed by atoms with Crippen LogP contribution in [-0.4, -0.2) is 19.2 Å². The van der Waals surface area contributed by atoms with Crippen molar-refractivity contribution < 1.29 is 9.47 Å². The minimum Gasteiger partial charge on any atom is -0.497 e. The van der Waals surface area contributed by atoms with Crippen LogP contribution in [0.3, 0.4) is 0 Å². The lowest BCUT2D eigenvalue weighted by Gasteiger charge is -2.11. The Morgan fingerprint density at radius 1 is 0.955 bits per heavy atom. The highest BCUT2D eigenvalue weighted by Crippen LogP contribution is 2.38. The fourth-order valence-corrected chi connectivity index (χ4v) is 3.01. The highest BCUT2D eigenvalue weighted by molar-refractivity contribution is 9.10. The third-order valence-electron chi connectivity index (χ3n) is 3.44. The molecule has 3 aromatic rings. The van der Waals surface area contributed by atoms with E-state index in [0.717, 1.165) is 38.1 Å². The molecule has 0 aliphatic heterocycles. The summed E-state index contributed by atoms with van der Waals surface area (Å²) in [4.78, 5) is 4.68. The number of rotatable bonds is 3. The second-order valence-corrected chi connectivity index (χ2v) is 5.87. The molecular weight excluding hydrogens is 366 g/mol. The third-order valence-corrected chi connectivity index (χ3v) is 4.86. The summed E-state index contributed by atoms with van der Waals surface area (Å²) < 4.78 is 11.2. The predicted molar refractivity (Wildman–Crippen MR) is 93.0 cm³/mol. The van der Waals surface area contributed by atoms with Gasteiger partial charge in [0.15, 0.2) is 0 Å². The summed E-state index contributed by atoms with van der Waals surface area (Å²) in [5.41, 5.74) is 2.51. The monoisotopic (exact) mass is 377 g/mol. The van der Waals surface area contributed by atoms with Gasteiger partial charge in [-0.1, -0.05) is 11.6 Å². The first-order valence-corrected chi connectivity index (χ1v) is 7.78. The lowest BCUT2D eigenvalue weighted by molar-refractivity contribution is 0.415. The van der Waals surface area contributed by atoms with Crippen LogP contribution in [0.2, 0.25) is 5.02 Å². The van der Waals surface area contributed by atoms with Crippen LogP contribution in [0.5, 0.6) is 11.5 Å². The maximum absolute atomic E-state index is 6.49. The van der Waals surface area contributed by atoms with Gasteiger partial charge in [0.25, 0.3) is 0 Å². The van der Waals surface area contributed by atoms with Gasteiger partial charge in [0.2, 0.25) is 0 Å². The van der Waals surface area contributed by atoms with Gasteiger partial charge in [0.05, 0.1) is 30.5 Å². The van der Waals surface area contributed by atoms with Crippen LogP contribution in [-0.2, 0) is 0 Å². The molecule has 0 amide bonds. The van der Waals surface area contributed by atoms with E-state index in [2.05, 4.69) is 20.9 Å². The first-order valence-electron chi connectivity index (χ1n) is 6.61. The highest BCUT2D eigenvalue weighted by Gasteiger charge is 2.14. The number of hydrogen-bond donors (Lipinski definition) is 0. The summed E-state index contributed by atoms with van der Waals surface area (Å²) in [6.07, 6.45) is 0. The molecule has 22 heavy (non-hydrogen) atoms. The van der Waals surface area contributed by atoms with Gasteiger partial charge in [-0.05, 0) is 58.4 Å². The summed E-state index contributed by atoms with van der Waals surface area (Å²) in [7, 11) is 3.27. The normalized spacial score (nSPS) is 10.7. The topological polar surface area (TPSA) is 31.4 Å². The second kappa shape index (κ2) is 6.15. The Kier molecular flexibility index (Phi) is 4.23. The number of methoxy groups -OCH3 is 2. The smallest absolute Gasteiger partial charge is 0.119 e. The third kappa shape index (κ3) is 2.64. The number of ether oxygens (including phenoxy) is 2. The molecule has 0 radical (unpaired) electrons. The fourth-order valence-electron chi connectivity index (χ4n) is 2.25. The lowest BCUT2D eigenvalue weighted by atomic mass is 10.1. The van der Waals surface area contributed by atoms with Gasteiger partial charge in [0.1, 0.15) is 11.5 Å². The van der Waals surface area contributed by atoms with Crippen LogP contribution >= 0.6 is 27.5 Å². The van der Waals surface area contributed by atoms with Gasteiger partial charge in [-0.25, -0.2) is 4.98 Å². The van der Waals surface area contributed by atoms with E-state index in [4.69, 9.17) is 21.1 Å². The Balaban J connectivity index is 2.19. The molecule has 0 saturated carbocycles. The van der Waals surface area contributed by atoms with Crippen LogP contribution < -0.4 is 9.47 Å². The predicted octanol–water partition coefficient (Wildman–Crippen LogP) is 5.33. The molecule has 3 nitrogen and oxygen atoms in total. The van der Waals surface area contributed by atoms with E-state index in [-0.39, 0.29) is 0 Å². The molecule has 0 unspecified atom stereocenters. The Hall–Kier alpha value is -1.78. The molecule has 0 N–H and O–H groups in total.